The molecule has 2 N–H and O–H groups in total. The van der Waals surface area contributed by atoms with E-state index in [0.717, 1.165) is 29.0 Å². The van der Waals surface area contributed by atoms with Crippen LogP contribution in [0.3, 0.4) is 0 Å². The quantitative estimate of drug-likeness (QED) is 0.901. The van der Waals surface area contributed by atoms with E-state index in [1.165, 1.54) is 4.90 Å². The maximum atomic E-state index is 12.1. The molecule has 0 bridgehead atoms. The van der Waals surface area contributed by atoms with Crippen LogP contribution in [0.4, 0.5) is 4.79 Å². The van der Waals surface area contributed by atoms with Gasteiger partial charge in [-0.05, 0) is 43.9 Å². The van der Waals surface area contributed by atoms with Gasteiger partial charge in [0.15, 0.2) is 0 Å². The Hall–Kier alpha value is -1.26. The molecule has 110 valence electrons. The van der Waals surface area contributed by atoms with Crippen LogP contribution < -0.4 is 5.32 Å². The highest BCUT2D eigenvalue weighted by atomic mass is 35.5. The molecule has 0 saturated heterocycles. The molecule has 1 aromatic carbocycles. The average Bonchev–Trinajstić information content (AvgIpc) is 2.72. The van der Waals surface area contributed by atoms with Crippen LogP contribution in [0.25, 0.3) is 0 Å². The standard InChI is InChI=1S/C15H21ClN2O2/c1-15(2,20)9-18(3)14(19)17-13-8-7-10-11(13)5-4-6-12(10)16/h4-6,13,20H,7-9H2,1-3H3,(H,17,19). The Balaban J connectivity index is 2.03. The minimum Gasteiger partial charge on any atom is -0.389 e. The average molecular weight is 297 g/mol. The van der Waals surface area contributed by atoms with E-state index in [1.807, 2.05) is 18.2 Å². The number of urea groups is 1. The van der Waals surface area contributed by atoms with Gasteiger partial charge in [-0.25, -0.2) is 4.79 Å². The molecule has 4 nitrogen and oxygen atoms in total. The van der Waals surface area contributed by atoms with Crippen LogP contribution in [0.5, 0.6) is 0 Å². The van der Waals surface area contributed by atoms with E-state index < -0.39 is 5.60 Å². The van der Waals surface area contributed by atoms with Crippen molar-refractivity contribution in [3.05, 3.63) is 34.3 Å². The highest BCUT2D eigenvalue weighted by Crippen LogP contribution is 2.35. The summed E-state index contributed by atoms with van der Waals surface area (Å²) in [6, 6.07) is 5.62. The molecule has 1 aromatic rings. The maximum Gasteiger partial charge on any atom is 0.317 e. The van der Waals surface area contributed by atoms with Crippen molar-refractivity contribution in [1.29, 1.82) is 0 Å². The van der Waals surface area contributed by atoms with Crippen molar-refractivity contribution in [2.24, 2.45) is 0 Å². The molecule has 2 amide bonds. The van der Waals surface area contributed by atoms with E-state index in [1.54, 1.807) is 20.9 Å². The van der Waals surface area contributed by atoms with Gasteiger partial charge in [0.25, 0.3) is 0 Å². The van der Waals surface area contributed by atoms with Gasteiger partial charge in [-0.15, -0.1) is 0 Å². The Morgan fingerprint density at radius 1 is 1.55 bits per heavy atom. The second-order valence-corrected chi connectivity index (χ2v) is 6.42. The molecule has 1 aliphatic rings. The molecule has 0 saturated carbocycles. The van der Waals surface area contributed by atoms with E-state index >= 15 is 0 Å². The lowest BCUT2D eigenvalue weighted by Crippen LogP contribution is -2.45. The van der Waals surface area contributed by atoms with Gasteiger partial charge in [0.05, 0.1) is 18.2 Å². The summed E-state index contributed by atoms with van der Waals surface area (Å²) >= 11 is 6.16. The van der Waals surface area contributed by atoms with Gasteiger partial charge >= 0.3 is 6.03 Å². The van der Waals surface area contributed by atoms with E-state index in [4.69, 9.17) is 11.6 Å². The normalized spacial score (nSPS) is 17.8. The summed E-state index contributed by atoms with van der Waals surface area (Å²) in [5, 5.41) is 13.5. The van der Waals surface area contributed by atoms with Crippen molar-refractivity contribution in [2.75, 3.05) is 13.6 Å². The summed E-state index contributed by atoms with van der Waals surface area (Å²) in [4.78, 5) is 13.6. The van der Waals surface area contributed by atoms with Gasteiger partial charge in [0, 0.05) is 12.1 Å². The second-order valence-electron chi connectivity index (χ2n) is 6.02. The monoisotopic (exact) mass is 296 g/mol. The Labute approximate surface area is 124 Å². The molecule has 0 spiro atoms. The lowest BCUT2D eigenvalue weighted by atomic mass is 10.1. The molecule has 0 aromatic heterocycles. The van der Waals surface area contributed by atoms with Gasteiger partial charge in [0.1, 0.15) is 0 Å². The first-order valence-corrected chi connectivity index (χ1v) is 7.17. The molecule has 0 aliphatic heterocycles. The largest absolute Gasteiger partial charge is 0.389 e. The van der Waals surface area contributed by atoms with Crippen LogP contribution in [0.1, 0.15) is 37.4 Å². The molecule has 1 unspecified atom stereocenters. The van der Waals surface area contributed by atoms with Crippen LogP contribution >= 0.6 is 11.6 Å². The highest BCUT2D eigenvalue weighted by Gasteiger charge is 2.27. The van der Waals surface area contributed by atoms with Gasteiger partial charge in [-0.2, -0.15) is 0 Å². The number of rotatable bonds is 3. The Bertz CT molecular complexity index is 511. The number of hydrogen-bond acceptors (Lipinski definition) is 2. The number of hydrogen-bond donors (Lipinski definition) is 2. The van der Waals surface area contributed by atoms with E-state index in [0.29, 0.717) is 0 Å². The minimum atomic E-state index is -0.900. The van der Waals surface area contributed by atoms with Crippen LogP contribution in [0, 0.1) is 0 Å². The summed E-state index contributed by atoms with van der Waals surface area (Å²) in [5.41, 5.74) is 1.33. The summed E-state index contributed by atoms with van der Waals surface area (Å²) in [5.74, 6) is 0. The zero-order valence-corrected chi connectivity index (χ0v) is 12.9. The lowest BCUT2D eigenvalue weighted by molar-refractivity contribution is 0.0528. The number of nitrogens with zero attached hydrogens (tertiary/aromatic N) is 1. The number of likely N-dealkylation sites (N-methyl/N-ethyl adjacent to an activating group) is 1. The number of halogens is 1. The third-order valence-corrected chi connectivity index (χ3v) is 3.84. The topological polar surface area (TPSA) is 52.6 Å². The number of fused-ring (bicyclic) bond motifs is 1. The summed E-state index contributed by atoms with van der Waals surface area (Å²) < 4.78 is 0. The van der Waals surface area contributed by atoms with Gasteiger partial charge in [-0.1, -0.05) is 23.7 Å². The first-order chi connectivity index (χ1) is 9.28. The van der Waals surface area contributed by atoms with Crippen LogP contribution in [-0.4, -0.2) is 35.2 Å². The molecule has 20 heavy (non-hydrogen) atoms. The zero-order chi connectivity index (χ0) is 14.9. The summed E-state index contributed by atoms with van der Waals surface area (Å²) in [7, 11) is 1.68. The fourth-order valence-electron chi connectivity index (χ4n) is 2.67. The first-order valence-electron chi connectivity index (χ1n) is 6.79. The molecule has 0 heterocycles. The molecule has 1 atom stereocenters. The minimum absolute atomic E-state index is 0.000421. The van der Waals surface area contributed by atoms with Crippen LogP contribution in [-0.2, 0) is 6.42 Å². The molecule has 0 radical (unpaired) electrons. The van der Waals surface area contributed by atoms with E-state index in [9.17, 15) is 9.90 Å². The van der Waals surface area contributed by atoms with Crippen molar-refractivity contribution in [2.45, 2.75) is 38.3 Å². The number of benzene rings is 1. The summed E-state index contributed by atoms with van der Waals surface area (Å²) in [6.07, 6.45) is 1.75. The summed E-state index contributed by atoms with van der Waals surface area (Å²) in [6.45, 7) is 3.65. The smallest absolute Gasteiger partial charge is 0.317 e. The van der Waals surface area contributed by atoms with Crippen molar-refractivity contribution in [3.63, 3.8) is 0 Å². The van der Waals surface area contributed by atoms with Gasteiger partial charge in [0.2, 0.25) is 0 Å². The van der Waals surface area contributed by atoms with Crippen LogP contribution in [0.15, 0.2) is 18.2 Å². The fraction of sp³-hybridized carbons (Fsp3) is 0.533. The molecule has 2 rings (SSSR count). The molecule has 1 aliphatic carbocycles. The Morgan fingerprint density at radius 3 is 2.90 bits per heavy atom. The van der Waals surface area contributed by atoms with Gasteiger partial charge in [-0.3, -0.25) is 0 Å². The van der Waals surface area contributed by atoms with Crippen molar-refractivity contribution in [3.8, 4) is 0 Å². The van der Waals surface area contributed by atoms with Crippen LogP contribution in [0.2, 0.25) is 5.02 Å². The zero-order valence-electron chi connectivity index (χ0n) is 12.1. The predicted molar refractivity (Wildman–Crippen MR) is 80.0 cm³/mol. The van der Waals surface area contributed by atoms with Gasteiger partial charge < -0.3 is 15.3 Å². The Morgan fingerprint density at radius 2 is 2.25 bits per heavy atom. The number of carbonyl (C=O) groups excluding carboxylic acids is 1. The van der Waals surface area contributed by atoms with Crippen molar-refractivity contribution < 1.29 is 9.90 Å². The lowest BCUT2D eigenvalue weighted by Gasteiger charge is -2.27. The molecular weight excluding hydrogens is 276 g/mol. The number of carbonyl (C=O) groups is 1. The van der Waals surface area contributed by atoms with E-state index in [-0.39, 0.29) is 18.6 Å². The highest BCUT2D eigenvalue weighted by molar-refractivity contribution is 6.31. The van der Waals surface area contributed by atoms with Crippen molar-refractivity contribution in [1.82, 2.24) is 10.2 Å². The third kappa shape index (κ3) is 3.44. The molecule has 5 heteroatoms. The van der Waals surface area contributed by atoms with E-state index in [2.05, 4.69) is 5.32 Å². The first kappa shape index (κ1) is 15.1. The number of aliphatic hydroxyl groups is 1. The predicted octanol–water partition coefficient (Wildman–Crippen LogP) is 2.74. The van der Waals surface area contributed by atoms with Crippen molar-refractivity contribution >= 4 is 17.6 Å². The molecule has 0 fully saturated rings. The SMILES string of the molecule is CN(CC(C)(C)O)C(=O)NC1CCc2c(Cl)cccc21. The fourth-order valence-corrected chi connectivity index (χ4v) is 2.95. The second kappa shape index (κ2) is 5.62. The number of amides is 2. The third-order valence-electron chi connectivity index (χ3n) is 3.48. The maximum absolute atomic E-state index is 12.1. The number of nitrogens with one attached hydrogen (secondary N) is 1. The Kier molecular flexibility index (Phi) is 4.25. The molecular formula is C15H21ClN2O2.